The van der Waals surface area contributed by atoms with E-state index < -0.39 is 5.92 Å². The van der Waals surface area contributed by atoms with Crippen molar-refractivity contribution in [1.29, 1.82) is 0 Å². The van der Waals surface area contributed by atoms with Crippen molar-refractivity contribution >= 4 is 17.3 Å². The van der Waals surface area contributed by atoms with Gasteiger partial charge in [-0.2, -0.15) is 0 Å². The summed E-state index contributed by atoms with van der Waals surface area (Å²) in [5.41, 5.74) is 0. The molecule has 0 amide bonds. The predicted molar refractivity (Wildman–Crippen MR) is 54.0 cm³/mol. The second-order valence-electron chi connectivity index (χ2n) is 3.29. The Morgan fingerprint density at radius 3 is 1.57 bits per heavy atom. The zero-order chi connectivity index (χ0) is 11.1. The number of Topliss-reactive ketones (excluding diaryl/α,β-unsaturated/α-hetero) is 3. The Morgan fingerprint density at radius 2 is 1.29 bits per heavy atom. The Bertz CT molecular complexity index is 215. The van der Waals surface area contributed by atoms with Crippen LogP contribution in [0.15, 0.2) is 0 Å². The van der Waals surface area contributed by atoms with Crippen molar-refractivity contribution in [3.8, 4) is 0 Å². The molecule has 0 heterocycles. The highest BCUT2D eigenvalue weighted by Gasteiger charge is 2.29. The Morgan fingerprint density at radius 1 is 0.857 bits per heavy atom. The van der Waals surface area contributed by atoms with Gasteiger partial charge in [0.15, 0.2) is 17.3 Å². The van der Waals surface area contributed by atoms with Crippen molar-refractivity contribution in [3.05, 3.63) is 0 Å². The zero-order valence-corrected chi connectivity index (χ0v) is 9.13. The van der Waals surface area contributed by atoms with Crippen molar-refractivity contribution in [2.45, 2.75) is 46.5 Å². The fourth-order valence-electron chi connectivity index (χ4n) is 1.34. The standard InChI is InChI=1S/C11H18O3/c1-4-7-10(14)11(8(12)5-2)9(13)6-3/h11H,4-7H2,1-3H3. The molecule has 80 valence electrons. The van der Waals surface area contributed by atoms with E-state index in [2.05, 4.69) is 0 Å². The van der Waals surface area contributed by atoms with Gasteiger partial charge in [-0.3, -0.25) is 14.4 Å². The molecular formula is C11H18O3. The molecule has 0 bridgehead atoms. The summed E-state index contributed by atoms with van der Waals surface area (Å²) in [6, 6.07) is 0. The number of carbonyl (C=O) groups excluding carboxylic acids is 3. The first kappa shape index (κ1) is 13.0. The Balaban J connectivity index is 4.63. The topological polar surface area (TPSA) is 51.2 Å². The molecular weight excluding hydrogens is 180 g/mol. The molecule has 0 saturated carbocycles. The quantitative estimate of drug-likeness (QED) is 0.587. The molecule has 0 unspecified atom stereocenters. The van der Waals surface area contributed by atoms with Crippen molar-refractivity contribution in [2.75, 3.05) is 0 Å². The SMILES string of the molecule is CCCC(=O)C(C(=O)CC)C(=O)CC. The van der Waals surface area contributed by atoms with E-state index >= 15 is 0 Å². The molecule has 14 heavy (non-hydrogen) atoms. The summed E-state index contributed by atoms with van der Waals surface area (Å²) in [4.78, 5) is 34.3. The third-order valence-corrected chi connectivity index (χ3v) is 2.16. The maximum atomic E-state index is 11.5. The molecule has 0 aliphatic rings. The second kappa shape index (κ2) is 6.46. The van der Waals surface area contributed by atoms with Crippen LogP contribution in [0.3, 0.4) is 0 Å². The average molecular weight is 198 g/mol. The first-order valence-corrected chi connectivity index (χ1v) is 5.16. The fourth-order valence-corrected chi connectivity index (χ4v) is 1.34. The van der Waals surface area contributed by atoms with E-state index in [1.807, 2.05) is 6.92 Å². The minimum Gasteiger partial charge on any atom is -0.298 e. The molecule has 0 aliphatic carbocycles. The summed E-state index contributed by atoms with van der Waals surface area (Å²) < 4.78 is 0. The lowest BCUT2D eigenvalue weighted by Crippen LogP contribution is -2.31. The van der Waals surface area contributed by atoms with Crippen LogP contribution in [-0.2, 0) is 14.4 Å². The van der Waals surface area contributed by atoms with Gasteiger partial charge < -0.3 is 0 Å². The largest absolute Gasteiger partial charge is 0.298 e. The lowest BCUT2D eigenvalue weighted by Gasteiger charge is -2.10. The molecule has 0 fully saturated rings. The molecule has 0 rings (SSSR count). The third kappa shape index (κ3) is 3.40. The monoisotopic (exact) mass is 198 g/mol. The van der Waals surface area contributed by atoms with Crippen LogP contribution in [0.25, 0.3) is 0 Å². The van der Waals surface area contributed by atoms with Crippen molar-refractivity contribution < 1.29 is 14.4 Å². The second-order valence-corrected chi connectivity index (χ2v) is 3.29. The van der Waals surface area contributed by atoms with Gasteiger partial charge in [-0.15, -0.1) is 0 Å². The zero-order valence-electron chi connectivity index (χ0n) is 9.13. The van der Waals surface area contributed by atoms with Gasteiger partial charge in [0.05, 0.1) is 0 Å². The lowest BCUT2D eigenvalue weighted by molar-refractivity contribution is -0.139. The van der Waals surface area contributed by atoms with Gasteiger partial charge in [0.2, 0.25) is 0 Å². The molecule has 0 radical (unpaired) electrons. The molecule has 0 spiro atoms. The van der Waals surface area contributed by atoms with Crippen LogP contribution in [0.1, 0.15) is 46.5 Å². The van der Waals surface area contributed by atoms with Crippen LogP contribution in [0, 0.1) is 5.92 Å². The fraction of sp³-hybridized carbons (Fsp3) is 0.727. The highest BCUT2D eigenvalue weighted by Crippen LogP contribution is 2.11. The summed E-state index contributed by atoms with van der Waals surface area (Å²) >= 11 is 0. The number of ketones is 3. The van der Waals surface area contributed by atoms with Gasteiger partial charge in [0.1, 0.15) is 5.92 Å². The van der Waals surface area contributed by atoms with Crippen LogP contribution in [0.2, 0.25) is 0 Å². The van der Waals surface area contributed by atoms with Gasteiger partial charge in [-0.25, -0.2) is 0 Å². The van der Waals surface area contributed by atoms with Crippen LogP contribution >= 0.6 is 0 Å². The van der Waals surface area contributed by atoms with Gasteiger partial charge in [0, 0.05) is 19.3 Å². The van der Waals surface area contributed by atoms with E-state index in [0.29, 0.717) is 12.8 Å². The molecule has 0 N–H and O–H groups in total. The van der Waals surface area contributed by atoms with Crippen LogP contribution in [0.5, 0.6) is 0 Å². The van der Waals surface area contributed by atoms with Gasteiger partial charge in [0.25, 0.3) is 0 Å². The van der Waals surface area contributed by atoms with Gasteiger partial charge >= 0.3 is 0 Å². The summed E-state index contributed by atoms with van der Waals surface area (Å²) in [7, 11) is 0. The predicted octanol–water partition coefficient (Wildman–Crippen LogP) is 1.93. The molecule has 0 aromatic heterocycles. The van der Waals surface area contributed by atoms with E-state index in [1.165, 1.54) is 0 Å². The molecule has 0 aromatic carbocycles. The Hall–Kier alpha value is -0.990. The summed E-state index contributed by atoms with van der Waals surface area (Å²) in [5, 5.41) is 0. The lowest BCUT2D eigenvalue weighted by atomic mass is 9.89. The van der Waals surface area contributed by atoms with Gasteiger partial charge in [-0.05, 0) is 6.42 Å². The highest BCUT2D eigenvalue weighted by molar-refractivity contribution is 6.19. The molecule has 3 heteroatoms. The molecule has 0 aliphatic heterocycles. The van der Waals surface area contributed by atoms with E-state index in [4.69, 9.17) is 0 Å². The summed E-state index contributed by atoms with van der Waals surface area (Å²) in [6.45, 7) is 5.22. The number of hydrogen-bond donors (Lipinski definition) is 0. The summed E-state index contributed by atoms with van der Waals surface area (Å²) in [5.74, 6) is -1.68. The Labute approximate surface area is 84.9 Å². The van der Waals surface area contributed by atoms with E-state index in [-0.39, 0.29) is 30.2 Å². The van der Waals surface area contributed by atoms with Crippen LogP contribution in [-0.4, -0.2) is 17.3 Å². The van der Waals surface area contributed by atoms with Crippen molar-refractivity contribution in [2.24, 2.45) is 5.92 Å². The van der Waals surface area contributed by atoms with Crippen molar-refractivity contribution in [3.63, 3.8) is 0 Å². The van der Waals surface area contributed by atoms with Crippen molar-refractivity contribution in [1.82, 2.24) is 0 Å². The molecule has 0 aromatic rings. The normalized spacial score (nSPS) is 10.3. The number of rotatable bonds is 7. The average Bonchev–Trinajstić information content (AvgIpc) is 2.17. The third-order valence-electron chi connectivity index (χ3n) is 2.16. The number of hydrogen-bond acceptors (Lipinski definition) is 3. The minimum absolute atomic E-state index is 0.216. The van der Waals surface area contributed by atoms with E-state index in [0.717, 1.165) is 0 Å². The molecule has 0 atom stereocenters. The summed E-state index contributed by atoms with van der Waals surface area (Å²) in [6.07, 6.45) is 1.52. The number of carbonyl (C=O) groups is 3. The minimum atomic E-state index is -0.982. The van der Waals surface area contributed by atoms with Gasteiger partial charge in [-0.1, -0.05) is 20.8 Å². The van der Waals surface area contributed by atoms with E-state index in [1.54, 1.807) is 13.8 Å². The molecule has 3 nitrogen and oxygen atoms in total. The smallest absolute Gasteiger partial charge is 0.150 e. The molecule has 0 saturated heterocycles. The van der Waals surface area contributed by atoms with Crippen LogP contribution in [0.4, 0.5) is 0 Å². The Kier molecular flexibility index (Phi) is 6.00. The first-order valence-electron chi connectivity index (χ1n) is 5.16. The maximum Gasteiger partial charge on any atom is 0.150 e. The highest BCUT2D eigenvalue weighted by atomic mass is 16.2. The van der Waals surface area contributed by atoms with Crippen LogP contribution < -0.4 is 0 Å². The first-order chi connectivity index (χ1) is 6.58. The maximum absolute atomic E-state index is 11.5. The van der Waals surface area contributed by atoms with E-state index in [9.17, 15) is 14.4 Å².